The first kappa shape index (κ1) is 21.9. The van der Waals surface area contributed by atoms with Gasteiger partial charge in [0.15, 0.2) is 11.9 Å². The average Bonchev–Trinajstić information content (AvgIpc) is 2.83. The van der Waals surface area contributed by atoms with E-state index in [1.165, 1.54) is 7.11 Å². The van der Waals surface area contributed by atoms with E-state index >= 15 is 0 Å². The van der Waals surface area contributed by atoms with Crippen LogP contribution in [0, 0.1) is 0 Å². The number of hydrogen-bond donors (Lipinski definition) is 2. The first-order valence-electron chi connectivity index (χ1n) is 9.79. The topological polar surface area (TPSA) is 92.7 Å². The Bertz CT molecular complexity index is 1030. The van der Waals surface area contributed by atoms with Crippen molar-refractivity contribution in [2.24, 2.45) is 0 Å². The van der Waals surface area contributed by atoms with Crippen molar-refractivity contribution < 1.29 is 24.2 Å². The number of ketones is 1. The quantitative estimate of drug-likeness (QED) is 0.434. The van der Waals surface area contributed by atoms with Crippen LogP contribution in [0.5, 0.6) is 0 Å². The predicted molar refractivity (Wildman–Crippen MR) is 115 cm³/mol. The van der Waals surface area contributed by atoms with Crippen LogP contribution >= 0.6 is 0 Å². The molecule has 0 unspecified atom stereocenters. The van der Waals surface area contributed by atoms with E-state index in [0.717, 1.165) is 5.56 Å². The molecule has 6 nitrogen and oxygen atoms in total. The van der Waals surface area contributed by atoms with Gasteiger partial charge in [-0.2, -0.15) is 0 Å². The van der Waals surface area contributed by atoms with Crippen molar-refractivity contribution in [3.63, 3.8) is 0 Å². The van der Waals surface area contributed by atoms with Gasteiger partial charge in [0.05, 0.1) is 7.11 Å². The molecule has 0 aliphatic heterocycles. The molecule has 0 aliphatic rings. The highest BCUT2D eigenvalue weighted by Crippen LogP contribution is 2.15. The van der Waals surface area contributed by atoms with Gasteiger partial charge in [0.1, 0.15) is 6.04 Å². The summed E-state index contributed by atoms with van der Waals surface area (Å²) in [7, 11) is 1.23. The first-order chi connectivity index (χ1) is 15.0. The number of ether oxygens (including phenoxy) is 1. The monoisotopic (exact) mass is 417 g/mol. The molecule has 3 rings (SSSR count). The van der Waals surface area contributed by atoms with Crippen molar-refractivity contribution in [3.8, 4) is 0 Å². The van der Waals surface area contributed by atoms with Gasteiger partial charge in [-0.05, 0) is 11.1 Å². The molecule has 3 aromatic rings. The van der Waals surface area contributed by atoms with E-state index in [1.807, 2.05) is 6.07 Å². The molecule has 6 heteroatoms. The molecule has 31 heavy (non-hydrogen) atoms. The molecule has 0 aliphatic carbocycles. The van der Waals surface area contributed by atoms with E-state index in [1.54, 1.807) is 78.9 Å². The molecular weight excluding hydrogens is 394 g/mol. The summed E-state index contributed by atoms with van der Waals surface area (Å²) in [6, 6.07) is 23.2. The lowest BCUT2D eigenvalue weighted by Gasteiger charge is -2.19. The number of aliphatic hydroxyl groups excluding tert-OH is 1. The van der Waals surface area contributed by atoms with E-state index in [0.29, 0.717) is 16.7 Å². The number of rotatable bonds is 8. The van der Waals surface area contributed by atoms with Crippen LogP contribution in [0.15, 0.2) is 84.9 Å². The van der Waals surface area contributed by atoms with Gasteiger partial charge in [0, 0.05) is 17.5 Å². The fraction of sp³-hybridized carbons (Fsp3) is 0.160. The molecule has 3 aromatic carbocycles. The lowest BCUT2D eigenvalue weighted by atomic mass is 9.99. The number of amides is 1. The van der Waals surface area contributed by atoms with Crippen molar-refractivity contribution in [1.82, 2.24) is 5.32 Å². The average molecular weight is 417 g/mol. The van der Waals surface area contributed by atoms with Crippen LogP contribution in [-0.2, 0) is 20.7 Å². The smallest absolute Gasteiger partial charge is 0.328 e. The highest BCUT2D eigenvalue weighted by Gasteiger charge is 2.26. The molecule has 1 amide bonds. The second-order valence-electron chi connectivity index (χ2n) is 6.99. The van der Waals surface area contributed by atoms with Gasteiger partial charge in [-0.1, -0.05) is 84.9 Å². The predicted octanol–water partition coefficient (Wildman–Crippen LogP) is 2.85. The van der Waals surface area contributed by atoms with Crippen LogP contribution in [0.2, 0.25) is 0 Å². The number of aliphatic hydroxyl groups is 1. The Labute approximate surface area is 180 Å². The molecular formula is C25H23NO5. The van der Waals surface area contributed by atoms with Crippen molar-refractivity contribution in [3.05, 3.63) is 107 Å². The third-order valence-electron chi connectivity index (χ3n) is 4.86. The number of methoxy groups -OCH3 is 1. The third-order valence-corrected chi connectivity index (χ3v) is 4.86. The van der Waals surface area contributed by atoms with Crippen molar-refractivity contribution in [2.75, 3.05) is 7.11 Å². The van der Waals surface area contributed by atoms with Gasteiger partial charge in [-0.3, -0.25) is 9.59 Å². The van der Waals surface area contributed by atoms with Gasteiger partial charge in [0.25, 0.3) is 5.91 Å². The second kappa shape index (κ2) is 10.3. The molecule has 0 saturated heterocycles. The van der Waals surface area contributed by atoms with E-state index in [4.69, 9.17) is 4.74 Å². The van der Waals surface area contributed by atoms with E-state index in [2.05, 4.69) is 5.32 Å². The van der Waals surface area contributed by atoms with Gasteiger partial charge < -0.3 is 15.2 Å². The number of esters is 1. The molecule has 0 aromatic heterocycles. The van der Waals surface area contributed by atoms with Crippen LogP contribution < -0.4 is 5.32 Å². The Morgan fingerprint density at radius 1 is 0.839 bits per heavy atom. The summed E-state index contributed by atoms with van der Waals surface area (Å²) >= 11 is 0. The highest BCUT2D eigenvalue weighted by molar-refractivity contribution is 6.08. The normalized spacial score (nSPS) is 12.5. The minimum absolute atomic E-state index is 0.101. The van der Waals surface area contributed by atoms with Crippen LogP contribution in [0.1, 0.15) is 33.2 Å². The van der Waals surface area contributed by atoms with Crippen LogP contribution in [0.25, 0.3) is 0 Å². The van der Waals surface area contributed by atoms with Gasteiger partial charge >= 0.3 is 5.97 Å². The van der Waals surface area contributed by atoms with Crippen molar-refractivity contribution >= 4 is 17.7 Å². The zero-order valence-electron chi connectivity index (χ0n) is 17.0. The standard InChI is InChI=1S/C25H23NO5/c1-31-25(30)21(26-24(29)23(28)19-10-6-3-7-11-19)16-17-12-14-20(15-13-17)22(27)18-8-4-2-5-9-18/h2-15,21,23,28H,16H2,1H3,(H,26,29)/t21-,23+/m1/s1. The van der Waals surface area contributed by atoms with Gasteiger partial charge in [-0.25, -0.2) is 4.79 Å². The van der Waals surface area contributed by atoms with Gasteiger partial charge in [-0.15, -0.1) is 0 Å². The summed E-state index contributed by atoms with van der Waals surface area (Å²) in [6.45, 7) is 0. The summed E-state index contributed by atoms with van der Waals surface area (Å²) in [5.74, 6) is -1.42. The Morgan fingerprint density at radius 3 is 1.97 bits per heavy atom. The van der Waals surface area contributed by atoms with Crippen molar-refractivity contribution in [1.29, 1.82) is 0 Å². The molecule has 0 radical (unpaired) electrons. The zero-order chi connectivity index (χ0) is 22.2. The Hall–Kier alpha value is -3.77. The van der Waals surface area contributed by atoms with Crippen LogP contribution in [0.4, 0.5) is 0 Å². The minimum Gasteiger partial charge on any atom is -0.467 e. The maximum absolute atomic E-state index is 12.5. The molecule has 0 heterocycles. The van der Waals surface area contributed by atoms with E-state index in [-0.39, 0.29) is 12.2 Å². The van der Waals surface area contributed by atoms with Crippen molar-refractivity contribution in [2.45, 2.75) is 18.6 Å². The maximum Gasteiger partial charge on any atom is 0.328 e. The number of carbonyl (C=O) groups excluding carboxylic acids is 3. The molecule has 0 saturated carbocycles. The summed E-state index contributed by atoms with van der Waals surface area (Å²) < 4.78 is 4.80. The van der Waals surface area contributed by atoms with E-state index in [9.17, 15) is 19.5 Å². The molecule has 158 valence electrons. The highest BCUT2D eigenvalue weighted by atomic mass is 16.5. The Kier molecular flexibility index (Phi) is 7.30. The largest absolute Gasteiger partial charge is 0.467 e. The first-order valence-corrected chi connectivity index (χ1v) is 9.79. The summed E-state index contributed by atoms with van der Waals surface area (Å²) in [6.07, 6.45) is -1.25. The Balaban J connectivity index is 1.70. The number of nitrogens with one attached hydrogen (secondary N) is 1. The number of hydrogen-bond acceptors (Lipinski definition) is 5. The summed E-state index contributed by atoms with van der Waals surface area (Å²) in [5, 5.41) is 12.8. The van der Waals surface area contributed by atoms with Crippen LogP contribution in [-0.4, -0.2) is 35.9 Å². The van der Waals surface area contributed by atoms with Gasteiger partial charge in [0.2, 0.25) is 0 Å². The molecule has 0 spiro atoms. The fourth-order valence-electron chi connectivity index (χ4n) is 3.16. The third kappa shape index (κ3) is 5.65. The fourth-order valence-corrected chi connectivity index (χ4v) is 3.16. The van der Waals surface area contributed by atoms with Crippen LogP contribution in [0.3, 0.4) is 0 Å². The SMILES string of the molecule is COC(=O)[C@@H](Cc1ccc(C(=O)c2ccccc2)cc1)NC(=O)[C@@H](O)c1ccccc1. The number of benzene rings is 3. The molecule has 2 atom stereocenters. The molecule has 2 N–H and O–H groups in total. The minimum atomic E-state index is -1.40. The Morgan fingerprint density at radius 2 is 1.39 bits per heavy atom. The zero-order valence-corrected chi connectivity index (χ0v) is 17.0. The molecule has 0 bridgehead atoms. The lowest BCUT2D eigenvalue weighted by molar-refractivity contribution is -0.146. The number of carbonyl (C=O) groups is 3. The van der Waals surface area contributed by atoms with E-state index < -0.39 is 24.0 Å². The maximum atomic E-state index is 12.5. The lowest BCUT2D eigenvalue weighted by Crippen LogP contribution is -2.45. The summed E-state index contributed by atoms with van der Waals surface area (Å²) in [4.78, 5) is 37.2. The second-order valence-corrected chi connectivity index (χ2v) is 6.99. The summed E-state index contributed by atoms with van der Waals surface area (Å²) in [5.41, 5.74) is 2.26. The molecule has 0 fully saturated rings.